The van der Waals surface area contributed by atoms with E-state index < -0.39 is 0 Å². The molecule has 0 spiro atoms. The molecule has 0 unspecified atom stereocenters. The van der Waals surface area contributed by atoms with Crippen LogP contribution in [0, 0.1) is 5.82 Å². The summed E-state index contributed by atoms with van der Waals surface area (Å²) in [6.45, 7) is 2.57. The summed E-state index contributed by atoms with van der Waals surface area (Å²) in [4.78, 5) is 6.49. The van der Waals surface area contributed by atoms with Gasteiger partial charge in [0.2, 0.25) is 0 Å². The first-order valence-corrected chi connectivity index (χ1v) is 11.1. The molecule has 2 aromatic carbocycles. The van der Waals surface area contributed by atoms with Gasteiger partial charge in [-0.15, -0.1) is 0 Å². The van der Waals surface area contributed by atoms with E-state index >= 15 is 0 Å². The summed E-state index contributed by atoms with van der Waals surface area (Å²) >= 11 is 5.69. The second kappa shape index (κ2) is 9.03. The lowest BCUT2D eigenvalue weighted by Crippen LogP contribution is -2.29. The maximum atomic E-state index is 13.6. The molecule has 0 aliphatic carbocycles. The summed E-state index contributed by atoms with van der Waals surface area (Å²) < 4.78 is 25.5. The Balaban J connectivity index is 1.54. The lowest BCUT2D eigenvalue weighted by atomic mass is 10.0. The number of pyridine rings is 1. The topological polar surface area (TPSA) is 50.5 Å². The van der Waals surface area contributed by atoms with E-state index in [9.17, 15) is 4.39 Å². The Kier molecular flexibility index (Phi) is 5.79. The van der Waals surface area contributed by atoms with Crippen LogP contribution in [0.5, 0.6) is 5.75 Å². The van der Waals surface area contributed by atoms with Gasteiger partial charge in [0.1, 0.15) is 29.1 Å². The molecule has 1 saturated heterocycles. The lowest BCUT2D eigenvalue weighted by Gasteiger charge is -2.26. The molecule has 5 rings (SSSR count). The lowest BCUT2D eigenvalue weighted by molar-refractivity contribution is 0.340. The van der Waals surface area contributed by atoms with Gasteiger partial charge in [-0.2, -0.15) is 0 Å². The van der Waals surface area contributed by atoms with Gasteiger partial charge in [-0.25, -0.2) is 4.39 Å². The number of aromatic nitrogens is 1. The van der Waals surface area contributed by atoms with Gasteiger partial charge in [0.25, 0.3) is 0 Å². The molecule has 2 aromatic heterocycles. The molecule has 0 bridgehead atoms. The second-order valence-corrected chi connectivity index (χ2v) is 8.02. The molecule has 166 valence electrons. The van der Waals surface area contributed by atoms with Crippen molar-refractivity contribution < 1.29 is 13.5 Å². The van der Waals surface area contributed by atoms with Crippen LogP contribution in [0.2, 0.25) is 0 Å². The third-order valence-electron chi connectivity index (χ3n) is 5.57. The molecule has 4 aromatic rings. The molecule has 5 nitrogen and oxygen atoms in total. The van der Waals surface area contributed by atoms with Crippen molar-refractivity contribution in [2.45, 2.75) is 19.0 Å². The summed E-state index contributed by atoms with van der Waals surface area (Å²) in [6.07, 6.45) is 1.76. The summed E-state index contributed by atoms with van der Waals surface area (Å²) in [5.74, 6) is 1.98. The maximum Gasteiger partial charge on any atom is 0.174 e. The first-order valence-electron chi connectivity index (χ1n) is 10.7. The molecule has 3 heterocycles. The number of furan rings is 1. The Labute approximate surface area is 196 Å². The average molecular weight is 460 g/mol. The molecule has 0 saturated carbocycles. The van der Waals surface area contributed by atoms with E-state index in [-0.39, 0.29) is 17.9 Å². The van der Waals surface area contributed by atoms with E-state index in [1.165, 1.54) is 12.1 Å². The number of hydrogen-bond acceptors (Lipinski definition) is 4. The van der Waals surface area contributed by atoms with Crippen molar-refractivity contribution in [1.29, 1.82) is 0 Å². The smallest absolute Gasteiger partial charge is 0.174 e. The Morgan fingerprint density at radius 1 is 1.03 bits per heavy atom. The van der Waals surface area contributed by atoms with Crippen LogP contribution in [0.1, 0.15) is 30.5 Å². The number of benzene rings is 2. The van der Waals surface area contributed by atoms with Gasteiger partial charge in [-0.1, -0.05) is 6.07 Å². The average Bonchev–Trinajstić information content (AvgIpc) is 3.46. The van der Waals surface area contributed by atoms with Gasteiger partial charge in [0.05, 0.1) is 18.3 Å². The van der Waals surface area contributed by atoms with Crippen molar-refractivity contribution in [2.75, 3.05) is 11.5 Å². The van der Waals surface area contributed by atoms with E-state index in [2.05, 4.69) is 10.3 Å². The first-order chi connectivity index (χ1) is 16.1. The van der Waals surface area contributed by atoms with Gasteiger partial charge in [0.15, 0.2) is 5.11 Å². The van der Waals surface area contributed by atoms with Gasteiger partial charge >= 0.3 is 0 Å². The predicted octanol–water partition coefficient (Wildman–Crippen LogP) is 6.06. The van der Waals surface area contributed by atoms with Crippen molar-refractivity contribution in [3.8, 4) is 17.1 Å². The van der Waals surface area contributed by atoms with Gasteiger partial charge in [0, 0.05) is 17.4 Å². The monoisotopic (exact) mass is 459 g/mol. The van der Waals surface area contributed by atoms with Crippen LogP contribution in [-0.2, 0) is 0 Å². The minimum atomic E-state index is -0.301. The molecule has 0 radical (unpaired) electrons. The minimum absolute atomic E-state index is 0.233. The highest BCUT2D eigenvalue weighted by Gasteiger charge is 2.42. The molecule has 1 aliphatic rings. The number of thiocarbonyl (C=S) groups is 1. The molecule has 2 atom stereocenters. The van der Waals surface area contributed by atoms with Crippen molar-refractivity contribution in [3.63, 3.8) is 0 Å². The van der Waals surface area contributed by atoms with Gasteiger partial charge < -0.3 is 19.4 Å². The van der Waals surface area contributed by atoms with Crippen LogP contribution in [0.15, 0.2) is 89.5 Å². The molecule has 1 aliphatic heterocycles. The Morgan fingerprint density at radius 3 is 2.52 bits per heavy atom. The number of anilines is 1. The quantitative estimate of drug-likeness (QED) is 0.354. The summed E-state index contributed by atoms with van der Waals surface area (Å²) in [5, 5.41) is 3.91. The normalized spacial score (nSPS) is 17.8. The number of nitrogens with zero attached hydrogens (tertiary/aromatic N) is 2. The van der Waals surface area contributed by atoms with E-state index in [4.69, 9.17) is 21.4 Å². The van der Waals surface area contributed by atoms with E-state index in [0.29, 0.717) is 11.7 Å². The zero-order chi connectivity index (χ0) is 22.8. The first kappa shape index (κ1) is 21.2. The molecule has 7 heteroatoms. The molecule has 0 amide bonds. The Bertz CT molecular complexity index is 1240. The van der Waals surface area contributed by atoms with Crippen LogP contribution < -0.4 is 15.0 Å². The number of hydrogen-bond donors (Lipinski definition) is 1. The zero-order valence-corrected chi connectivity index (χ0v) is 18.8. The highest BCUT2D eigenvalue weighted by Crippen LogP contribution is 2.43. The largest absolute Gasteiger partial charge is 0.494 e. The van der Waals surface area contributed by atoms with Crippen molar-refractivity contribution in [1.82, 2.24) is 10.3 Å². The molecule has 1 N–H and O–H groups in total. The Morgan fingerprint density at radius 2 is 1.82 bits per heavy atom. The van der Waals surface area contributed by atoms with Crippen molar-refractivity contribution in [2.24, 2.45) is 0 Å². The SMILES string of the molecule is CCOc1ccc(-c2ccc([C@H]3[C@H](c4ccccn4)NC(=S)N3c3ccc(F)cc3)o2)cc1. The fourth-order valence-corrected chi connectivity index (χ4v) is 4.42. The van der Waals surface area contributed by atoms with Crippen LogP contribution in [0.3, 0.4) is 0 Å². The number of rotatable bonds is 6. The minimum Gasteiger partial charge on any atom is -0.494 e. The van der Waals surface area contributed by atoms with Crippen LogP contribution in [0.4, 0.5) is 10.1 Å². The van der Waals surface area contributed by atoms with Crippen LogP contribution in [-0.4, -0.2) is 16.7 Å². The molecule has 1 fully saturated rings. The van der Waals surface area contributed by atoms with Crippen molar-refractivity contribution in [3.05, 3.63) is 102 Å². The molecule has 33 heavy (non-hydrogen) atoms. The van der Waals surface area contributed by atoms with Crippen LogP contribution in [0.25, 0.3) is 11.3 Å². The third-order valence-corrected chi connectivity index (χ3v) is 5.89. The highest BCUT2D eigenvalue weighted by molar-refractivity contribution is 7.80. The van der Waals surface area contributed by atoms with E-state index in [1.54, 1.807) is 18.3 Å². The zero-order valence-electron chi connectivity index (χ0n) is 17.9. The van der Waals surface area contributed by atoms with E-state index in [0.717, 1.165) is 34.2 Å². The fourth-order valence-electron chi connectivity index (χ4n) is 4.07. The van der Waals surface area contributed by atoms with Gasteiger partial charge in [-0.05, 0) is 91.9 Å². The summed E-state index contributed by atoms with van der Waals surface area (Å²) in [7, 11) is 0. The summed E-state index contributed by atoms with van der Waals surface area (Å²) in [5.41, 5.74) is 2.56. The number of nitrogens with one attached hydrogen (secondary N) is 1. The third kappa shape index (κ3) is 4.19. The fraction of sp³-hybridized carbons (Fsp3) is 0.154. The standard InChI is InChI=1S/C26H22FN3O2S/c1-2-31-20-12-6-17(7-13-20)22-14-15-23(32-22)25-24(21-5-3-4-16-28-21)29-26(33)30(25)19-10-8-18(27)9-11-19/h3-16,24-25H,2H2,1H3,(H,29,33)/t24-,25-/m0/s1. The van der Waals surface area contributed by atoms with Crippen LogP contribution >= 0.6 is 12.2 Å². The number of ether oxygens (including phenoxy) is 1. The number of halogens is 1. The second-order valence-electron chi connectivity index (χ2n) is 7.63. The van der Waals surface area contributed by atoms with Gasteiger partial charge in [-0.3, -0.25) is 4.98 Å². The maximum absolute atomic E-state index is 13.6. The molecular formula is C26H22FN3O2S. The van der Waals surface area contributed by atoms with E-state index in [1.807, 2.05) is 66.4 Å². The molecular weight excluding hydrogens is 437 g/mol. The highest BCUT2D eigenvalue weighted by atomic mass is 32.1. The summed E-state index contributed by atoms with van der Waals surface area (Å²) in [6, 6.07) is 23.2. The Hall–Kier alpha value is -3.71. The van der Waals surface area contributed by atoms with Crippen molar-refractivity contribution >= 4 is 23.0 Å². The predicted molar refractivity (Wildman–Crippen MR) is 130 cm³/mol.